The van der Waals surface area contributed by atoms with Gasteiger partial charge in [0, 0.05) is 26.3 Å². The van der Waals surface area contributed by atoms with E-state index in [-0.39, 0.29) is 0 Å². The molecule has 0 aliphatic heterocycles. The summed E-state index contributed by atoms with van der Waals surface area (Å²) in [6, 6.07) is 4.31. The normalized spacial score (nSPS) is 15.4. The van der Waals surface area contributed by atoms with Crippen LogP contribution < -0.4 is 10.2 Å². The SMILES string of the molecule is CCCNCc1ccnc(N(C)CC2CCC2)c1. The first-order valence-corrected chi connectivity index (χ1v) is 7.16. The molecule has 18 heavy (non-hydrogen) atoms. The average molecular weight is 247 g/mol. The van der Waals surface area contributed by atoms with E-state index in [1.165, 1.54) is 31.2 Å². The average Bonchev–Trinajstić information content (AvgIpc) is 2.34. The van der Waals surface area contributed by atoms with Crippen LogP contribution in [0.25, 0.3) is 0 Å². The summed E-state index contributed by atoms with van der Waals surface area (Å²) >= 11 is 0. The van der Waals surface area contributed by atoms with Crippen LogP contribution in [0.4, 0.5) is 5.82 Å². The molecule has 1 aliphatic carbocycles. The number of pyridine rings is 1. The van der Waals surface area contributed by atoms with E-state index < -0.39 is 0 Å². The van der Waals surface area contributed by atoms with Crippen molar-refractivity contribution < 1.29 is 0 Å². The number of hydrogen-bond donors (Lipinski definition) is 1. The van der Waals surface area contributed by atoms with Crippen molar-refractivity contribution in [1.82, 2.24) is 10.3 Å². The standard InChI is InChI=1S/C15H25N3/c1-3-8-16-11-14-7-9-17-15(10-14)18(2)12-13-5-4-6-13/h7,9-10,13,16H,3-6,8,11-12H2,1-2H3. The molecule has 1 fully saturated rings. The smallest absolute Gasteiger partial charge is 0.128 e. The lowest BCUT2D eigenvalue weighted by Crippen LogP contribution is -2.29. The van der Waals surface area contributed by atoms with Gasteiger partial charge in [-0.05, 0) is 49.4 Å². The summed E-state index contributed by atoms with van der Waals surface area (Å²) in [5, 5.41) is 3.43. The van der Waals surface area contributed by atoms with Gasteiger partial charge >= 0.3 is 0 Å². The van der Waals surface area contributed by atoms with Gasteiger partial charge in [0.15, 0.2) is 0 Å². The second-order valence-electron chi connectivity index (χ2n) is 5.38. The van der Waals surface area contributed by atoms with Crippen molar-refractivity contribution in [3.05, 3.63) is 23.9 Å². The van der Waals surface area contributed by atoms with Gasteiger partial charge in [-0.3, -0.25) is 0 Å². The van der Waals surface area contributed by atoms with Crippen LogP contribution in [0.1, 0.15) is 38.2 Å². The molecule has 0 atom stereocenters. The third-order valence-electron chi connectivity index (χ3n) is 3.71. The number of nitrogens with one attached hydrogen (secondary N) is 1. The van der Waals surface area contributed by atoms with Crippen LogP contribution in [-0.2, 0) is 6.54 Å². The van der Waals surface area contributed by atoms with Crippen LogP contribution in [0.2, 0.25) is 0 Å². The molecular formula is C15H25N3. The van der Waals surface area contributed by atoms with E-state index in [4.69, 9.17) is 0 Å². The van der Waals surface area contributed by atoms with Crippen LogP contribution >= 0.6 is 0 Å². The Morgan fingerprint density at radius 3 is 2.94 bits per heavy atom. The molecule has 0 saturated heterocycles. The predicted octanol–water partition coefficient (Wildman–Crippen LogP) is 2.82. The van der Waals surface area contributed by atoms with Crippen LogP contribution in [-0.4, -0.2) is 25.1 Å². The Kier molecular flexibility index (Phi) is 5.00. The summed E-state index contributed by atoms with van der Waals surface area (Å²) < 4.78 is 0. The molecule has 1 N–H and O–H groups in total. The first-order valence-electron chi connectivity index (χ1n) is 7.16. The third-order valence-corrected chi connectivity index (χ3v) is 3.71. The molecule has 0 radical (unpaired) electrons. The van der Waals surface area contributed by atoms with Gasteiger partial charge in [0.05, 0.1) is 0 Å². The van der Waals surface area contributed by atoms with Gasteiger partial charge in [-0.25, -0.2) is 4.98 Å². The lowest BCUT2D eigenvalue weighted by molar-refractivity contribution is 0.321. The fourth-order valence-corrected chi connectivity index (χ4v) is 2.34. The van der Waals surface area contributed by atoms with Crippen molar-refractivity contribution in [3.8, 4) is 0 Å². The number of hydrogen-bond acceptors (Lipinski definition) is 3. The Balaban J connectivity index is 1.88. The molecule has 3 heteroatoms. The highest BCUT2D eigenvalue weighted by Crippen LogP contribution is 2.27. The van der Waals surface area contributed by atoms with E-state index in [2.05, 4.69) is 41.3 Å². The van der Waals surface area contributed by atoms with Gasteiger partial charge in [-0.2, -0.15) is 0 Å². The maximum absolute atomic E-state index is 4.48. The van der Waals surface area contributed by atoms with Crippen molar-refractivity contribution in [2.24, 2.45) is 5.92 Å². The molecule has 1 saturated carbocycles. The first-order chi connectivity index (χ1) is 8.79. The van der Waals surface area contributed by atoms with Gasteiger partial charge in [-0.1, -0.05) is 13.3 Å². The van der Waals surface area contributed by atoms with Crippen LogP contribution in [0.3, 0.4) is 0 Å². The van der Waals surface area contributed by atoms with E-state index in [0.717, 1.165) is 31.4 Å². The van der Waals surface area contributed by atoms with E-state index in [1.54, 1.807) is 0 Å². The lowest BCUT2D eigenvalue weighted by atomic mass is 9.85. The molecule has 0 aromatic carbocycles. The van der Waals surface area contributed by atoms with Crippen molar-refractivity contribution in [1.29, 1.82) is 0 Å². The van der Waals surface area contributed by atoms with Crippen molar-refractivity contribution in [2.45, 2.75) is 39.2 Å². The Bertz CT molecular complexity index is 361. The second kappa shape index (κ2) is 6.74. The third kappa shape index (κ3) is 3.70. The molecular weight excluding hydrogens is 222 g/mol. The minimum atomic E-state index is 0.888. The van der Waals surface area contributed by atoms with Crippen LogP contribution in [0, 0.1) is 5.92 Å². The van der Waals surface area contributed by atoms with E-state index in [9.17, 15) is 0 Å². The van der Waals surface area contributed by atoms with E-state index in [0.29, 0.717) is 0 Å². The fourth-order valence-electron chi connectivity index (χ4n) is 2.34. The quantitative estimate of drug-likeness (QED) is 0.751. The highest BCUT2D eigenvalue weighted by Gasteiger charge is 2.19. The molecule has 1 aromatic heterocycles. The van der Waals surface area contributed by atoms with Crippen molar-refractivity contribution in [2.75, 3.05) is 25.0 Å². The Hall–Kier alpha value is -1.09. The van der Waals surface area contributed by atoms with E-state index >= 15 is 0 Å². The topological polar surface area (TPSA) is 28.2 Å². The molecule has 2 rings (SSSR count). The van der Waals surface area contributed by atoms with Crippen molar-refractivity contribution in [3.63, 3.8) is 0 Å². The Morgan fingerprint density at radius 1 is 1.44 bits per heavy atom. The predicted molar refractivity (Wildman–Crippen MR) is 76.8 cm³/mol. The summed E-state index contributed by atoms with van der Waals surface area (Å²) in [6.45, 7) is 5.37. The summed E-state index contributed by atoms with van der Waals surface area (Å²) in [4.78, 5) is 6.78. The minimum absolute atomic E-state index is 0.888. The highest BCUT2D eigenvalue weighted by atomic mass is 15.2. The summed E-state index contributed by atoms with van der Waals surface area (Å²) in [6.07, 6.45) is 7.30. The van der Waals surface area contributed by atoms with Gasteiger partial charge in [-0.15, -0.1) is 0 Å². The zero-order valence-electron chi connectivity index (χ0n) is 11.7. The van der Waals surface area contributed by atoms with Gasteiger partial charge < -0.3 is 10.2 Å². The zero-order chi connectivity index (χ0) is 12.8. The van der Waals surface area contributed by atoms with E-state index in [1.807, 2.05) is 6.20 Å². The Labute approximate surface area is 111 Å². The number of aromatic nitrogens is 1. The number of rotatable bonds is 7. The lowest BCUT2D eigenvalue weighted by Gasteiger charge is -2.30. The largest absolute Gasteiger partial charge is 0.359 e. The minimum Gasteiger partial charge on any atom is -0.359 e. The van der Waals surface area contributed by atoms with Gasteiger partial charge in [0.25, 0.3) is 0 Å². The maximum atomic E-state index is 4.48. The van der Waals surface area contributed by atoms with Gasteiger partial charge in [0.1, 0.15) is 5.82 Å². The van der Waals surface area contributed by atoms with Crippen LogP contribution in [0.15, 0.2) is 18.3 Å². The molecule has 1 aliphatic rings. The zero-order valence-corrected chi connectivity index (χ0v) is 11.7. The molecule has 1 aromatic rings. The fraction of sp³-hybridized carbons (Fsp3) is 0.667. The molecule has 1 heterocycles. The second-order valence-corrected chi connectivity index (χ2v) is 5.38. The first kappa shape index (κ1) is 13.3. The number of nitrogens with zero attached hydrogens (tertiary/aromatic N) is 2. The molecule has 100 valence electrons. The highest BCUT2D eigenvalue weighted by molar-refractivity contribution is 5.40. The molecule has 0 spiro atoms. The Morgan fingerprint density at radius 2 is 2.28 bits per heavy atom. The summed E-state index contributed by atoms with van der Waals surface area (Å²) in [5.74, 6) is 2.00. The van der Waals surface area contributed by atoms with Gasteiger partial charge in [0.2, 0.25) is 0 Å². The monoisotopic (exact) mass is 247 g/mol. The molecule has 3 nitrogen and oxygen atoms in total. The molecule has 0 bridgehead atoms. The maximum Gasteiger partial charge on any atom is 0.128 e. The van der Waals surface area contributed by atoms with Crippen molar-refractivity contribution >= 4 is 5.82 Å². The molecule has 0 amide bonds. The number of anilines is 1. The summed E-state index contributed by atoms with van der Waals surface area (Å²) in [7, 11) is 2.16. The van der Waals surface area contributed by atoms with Crippen LogP contribution in [0.5, 0.6) is 0 Å². The summed E-state index contributed by atoms with van der Waals surface area (Å²) in [5.41, 5.74) is 1.33. The molecule has 0 unspecified atom stereocenters.